The molecule has 0 saturated carbocycles. The lowest BCUT2D eigenvalue weighted by molar-refractivity contribution is -0.117. The monoisotopic (exact) mass is 345 g/mol. The predicted molar refractivity (Wildman–Crippen MR) is 99.0 cm³/mol. The van der Waals surface area contributed by atoms with E-state index in [2.05, 4.69) is 15.4 Å². The van der Waals surface area contributed by atoms with Crippen LogP contribution >= 0.6 is 0 Å². The molecule has 25 heavy (non-hydrogen) atoms. The van der Waals surface area contributed by atoms with E-state index in [9.17, 15) is 9.90 Å². The predicted octanol–water partition coefficient (Wildman–Crippen LogP) is 2.01. The summed E-state index contributed by atoms with van der Waals surface area (Å²) >= 11 is 0. The summed E-state index contributed by atoms with van der Waals surface area (Å²) in [6.07, 6.45) is 3.74. The maximum absolute atomic E-state index is 12.4. The zero-order valence-corrected chi connectivity index (χ0v) is 14.8. The number of aliphatic hydroxyl groups is 1. The number of aliphatic hydroxyl groups excluding tert-OH is 1. The third kappa shape index (κ3) is 6.78. The van der Waals surface area contributed by atoms with Gasteiger partial charge in [-0.05, 0) is 18.6 Å². The zero-order valence-electron chi connectivity index (χ0n) is 14.8. The fourth-order valence-electron chi connectivity index (χ4n) is 2.60. The lowest BCUT2D eigenvalue weighted by Crippen LogP contribution is -2.36. The molecule has 1 aliphatic heterocycles. The van der Waals surface area contributed by atoms with Gasteiger partial charge < -0.3 is 9.84 Å². The molecule has 1 aromatic rings. The number of piperidine rings is 1. The second kappa shape index (κ2) is 10.8. The molecule has 1 heterocycles. The largest absolute Gasteiger partial charge is 0.396 e. The molecule has 0 aromatic heterocycles. The summed E-state index contributed by atoms with van der Waals surface area (Å²) in [6.45, 7) is 5.05. The van der Waals surface area contributed by atoms with Gasteiger partial charge >= 0.3 is 0 Å². The van der Waals surface area contributed by atoms with Gasteiger partial charge in [0.25, 0.3) is 5.91 Å². The van der Waals surface area contributed by atoms with Crippen LogP contribution in [0.25, 0.3) is 6.08 Å². The van der Waals surface area contributed by atoms with Crippen LogP contribution in [-0.4, -0.2) is 54.7 Å². The van der Waals surface area contributed by atoms with Crippen molar-refractivity contribution in [2.24, 2.45) is 5.10 Å². The van der Waals surface area contributed by atoms with E-state index in [1.54, 1.807) is 6.08 Å². The molecule has 0 unspecified atom stereocenters. The zero-order chi connectivity index (χ0) is 17.9. The van der Waals surface area contributed by atoms with Gasteiger partial charge in [0.2, 0.25) is 0 Å². The summed E-state index contributed by atoms with van der Waals surface area (Å²) in [4.78, 5) is 14.6. The molecule has 136 valence electrons. The topological polar surface area (TPSA) is 74.2 Å². The Bertz CT molecular complexity index is 589. The highest BCUT2D eigenvalue weighted by molar-refractivity contribution is 5.98. The molecular formula is C19H27N3O3. The van der Waals surface area contributed by atoms with Gasteiger partial charge in [-0.1, -0.05) is 30.3 Å². The first-order valence-corrected chi connectivity index (χ1v) is 8.75. The average Bonchev–Trinajstić information content (AvgIpc) is 2.66. The minimum Gasteiger partial charge on any atom is -0.396 e. The van der Waals surface area contributed by atoms with Gasteiger partial charge in [-0.15, -0.1) is 0 Å². The first kappa shape index (κ1) is 19.3. The number of nitrogens with one attached hydrogen (secondary N) is 1. The molecule has 1 aliphatic rings. The number of carbonyl (C=O) groups is 1. The lowest BCUT2D eigenvalue weighted by Gasteiger charge is -2.26. The Labute approximate surface area is 149 Å². The van der Waals surface area contributed by atoms with Gasteiger partial charge in [0, 0.05) is 56.9 Å². The van der Waals surface area contributed by atoms with E-state index in [1.165, 1.54) is 0 Å². The molecule has 1 aromatic carbocycles. The van der Waals surface area contributed by atoms with Crippen molar-refractivity contribution in [3.05, 3.63) is 41.5 Å². The van der Waals surface area contributed by atoms with Crippen molar-refractivity contribution in [2.45, 2.75) is 26.2 Å². The summed E-state index contributed by atoms with van der Waals surface area (Å²) in [5.74, 6) is -0.262. The summed E-state index contributed by atoms with van der Waals surface area (Å²) in [6, 6.07) is 9.59. The molecule has 6 heteroatoms. The normalized spacial score (nSPS) is 15.9. The van der Waals surface area contributed by atoms with E-state index < -0.39 is 0 Å². The van der Waals surface area contributed by atoms with Crippen molar-refractivity contribution in [1.29, 1.82) is 0 Å². The molecule has 0 atom stereocenters. The van der Waals surface area contributed by atoms with Crippen molar-refractivity contribution >= 4 is 17.7 Å². The molecule has 6 nitrogen and oxygen atoms in total. The molecule has 0 bridgehead atoms. The number of benzene rings is 1. The minimum absolute atomic E-state index is 0.0744. The summed E-state index contributed by atoms with van der Waals surface area (Å²) in [5, 5.41) is 13.5. The summed E-state index contributed by atoms with van der Waals surface area (Å²) < 4.78 is 5.41. The number of hydrazone groups is 1. The number of hydrogen-bond acceptors (Lipinski definition) is 5. The number of carbonyl (C=O) groups excluding carboxylic acids is 1. The van der Waals surface area contributed by atoms with Gasteiger partial charge in [-0.2, -0.15) is 5.10 Å². The first-order chi connectivity index (χ1) is 12.2. The van der Waals surface area contributed by atoms with Crippen LogP contribution in [0.15, 0.2) is 41.0 Å². The third-order valence-corrected chi connectivity index (χ3v) is 4.04. The van der Waals surface area contributed by atoms with Crippen molar-refractivity contribution in [2.75, 3.05) is 33.0 Å². The van der Waals surface area contributed by atoms with Gasteiger partial charge in [0.1, 0.15) is 0 Å². The second-order valence-electron chi connectivity index (χ2n) is 5.91. The number of amides is 1. The molecule has 1 amide bonds. The number of ether oxygens (including phenoxy) is 1. The Kier molecular flexibility index (Phi) is 8.31. The van der Waals surface area contributed by atoms with Crippen LogP contribution in [0.1, 0.15) is 31.7 Å². The van der Waals surface area contributed by atoms with Crippen molar-refractivity contribution < 1.29 is 14.6 Å². The van der Waals surface area contributed by atoms with Gasteiger partial charge in [0.05, 0.1) is 6.73 Å². The smallest absolute Gasteiger partial charge is 0.267 e. The fourth-order valence-corrected chi connectivity index (χ4v) is 2.60. The van der Waals surface area contributed by atoms with Gasteiger partial charge in [-0.25, -0.2) is 5.43 Å². The molecule has 0 aliphatic carbocycles. The van der Waals surface area contributed by atoms with Crippen LogP contribution in [0.4, 0.5) is 0 Å². The van der Waals surface area contributed by atoms with Crippen LogP contribution < -0.4 is 5.43 Å². The number of likely N-dealkylation sites (tertiary alicyclic amines) is 1. The molecule has 2 N–H and O–H groups in total. The SMILES string of the molecule is CCOCN1CCC(=NNC(=O)C(=Cc2ccccc2)CCO)CC1. The Morgan fingerprint density at radius 1 is 1.32 bits per heavy atom. The van der Waals surface area contributed by atoms with Crippen LogP contribution in [0.2, 0.25) is 0 Å². The van der Waals surface area contributed by atoms with Crippen LogP contribution in [0.5, 0.6) is 0 Å². The van der Waals surface area contributed by atoms with E-state index in [-0.39, 0.29) is 12.5 Å². The molecule has 2 rings (SSSR count). The summed E-state index contributed by atoms with van der Waals surface area (Å²) in [5.41, 5.74) is 5.07. The van der Waals surface area contributed by atoms with Crippen LogP contribution in [-0.2, 0) is 9.53 Å². The highest BCUT2D eigenvalue weighted by Gasteiger charge is 2.15. The second-order valence-corrected chi connectivity index (χ2v) is 5.91. The molecule has 0 spiro atoms. The van der Waals surface area contributed by atoms with Gasteiger partial charge in [-0.3, -0.25) is 9.69 Å². The standard InChI is InChI=1S/C19H27N3O3/c1-2-25-15-22-11-8-18(9-12-22)20-21-19(24)17(10-13-23)14-16-6-4-3-5-7-16/h3-7,14,23H,2,8-13,15H2,1H3,(H,21,24). The fraction of sp³-hybridized carbons (Fsp3) is 0.474. The quantitative estimate of drug-likeness (QED) is 0.558. The highest BCUT2D eigenvalue weighted by atomic mass is 16.5. The number of hydrogen-bond donors (Lipinski definition) is 2. The van der Waals surface area contributed by atoms with Gasteiger partial charge in [0.15, 0.2) is 0 Å². The van der Waals surface area contributed by atoms with Crippen LogP contribution in [0.3, 0.4) is 0 Å². The van der Waals surface area contributed by atoms with Crippen molar-refractivity contribution in [3.8, 4) is 0 Å². The maximum Gasteiger partial charge on any atom is 0.267 e. The Morgan fingerprint density at radius 3 is 2.68 bits per heavy atom. The van der Waals surface area contributed by atoms with E-state index in [0.717, 1.165) is 43.8 Å². The molecule has 1 fully saturated rings. The van der Waals surface area contributed by atoms with E-state index in [0.29, 0.717) is 18.7 Å². The lowest BCUT2D eigenvalue weighted by atomic mass is 10.1. The summed E-state index contributed by atoms with van der Waals surface area (Å²) in [7, 11) is 0. The first-order valence-electron chi connectivity index (χ1n) is 8.75. The maximum atomic E-state index is 12.4. The van der Waals surface area contributed by atoms with E-state index in [4.69, 9.17) is 4.74 Å². The highest BCUT2D eigenvalue weighted by Crippen LogP contribution is 2.11. The van der Waals surface area contributed by atoms with Crippen LogP contribution in [0, 0.1) is 0 Å². The molecule has 0 radical (unpaired) electrons. The number of nitrogens with zero attached hydrogens (tertiary/aromatic N) is 2. The van der Waals surface area contributed by atoms with Crippen molar-refractivity contribution in [1.82, 2.24) is 10.3 Å². The minimum atomic E-state index is -0.262. The number of rotatable bonds is 8. The van der Waals surface area contributed by atoms with E-state index >= 15 is 0 Å². The average molecular weight is 345 g/mol. The Balaban J connectivity index is 1.90. The Morgan fingerprint density at radius 2 is 2.04 bits per heavy atom. The molecule has 1 saturated heterocycles. The van der Waals surface area contributed by atoms with Crippen molar-refractivity contribution in [3.63, 3.8) is 0 Å². The third-order valence-electron chi connectivity index (χ3n) is 4.04. The Hall–Kier alpha value is -2.02. The molecular weight excluding hydrogens is 318 g/mol. The van der Waals surface area contributed by atoms with E-state index in [1.807, 2.05) is 37.3 Å².